The van der Waals surface area contributed by atoms with Crippen molar-refractivity contribution >= 4 is 17.6 Å². The van der Waals surface area contributed by atoms with Gasteiger partial charge in [-0.25, -0.2) is 9.59 Å². The van der Waals surface area contributed by atoms with Gasteiger partial charge in [-0.05, 0) is 25.1 Å². The number of benzene rings is 1. The fourth-order valence-electron chi connectivity index (χ4n) is 1.41. The van der Waals surface area contributed by atoms with Gasteiger partial charge < -0.3 is 14.8 Å². The summed E-state index contributed by atoms with van der Waals surface area (Å²) in [5, 5.41) is 3.03. The molecule has 0 aliphatic heterocycles. The lowest BCUT2D eigenvalue weighted by Crippen LogP contribution is -2.08. The molecule has 0 bridgehead atoms. The Kier molecular flexibility index (Phi) is 4.51. The Balaban J connectivity index is 3.18. The van der Waals surface area contributed by atoms with E-state index < -0.39 is 11.9 Å². The third-order valence-electron chi connectivity index (χ3n) is 2.16. The lowest BCUT2D eigenvalue weighted by molar-refractivity contribution is 0.0599. The van der Waals surface area contributed by atoms with Gasteiger partial charge in [0.25, 0.3) is 0 Å². The average Bonchev–Trinajstić information content (AvgIpc) is 2.36. The number of rotatable bonds is 4. The van der Waals surface area contributed by atoms with Crippen molar-refractivity contribution in [1.82, 2.24) is 0 Å². The van der Waals surface area contributed by atoms with Crippen LogP contribution < -0.4 is 5.32 Å². The van der Waals surface area contributed by atoms with Crippen molar-refractivity contribution in [3.63, 3.8) is 0 Å². The second-order valence-corrected chi connectivity index (χ2v) is 3.31. The Morgan fingerprint density at radius 1 is 1.06 bits per heavy atom. The standard InChI is InChI=1S/C12H15NO4/c1-4-13-10-6-8(11(14)16-2)5-9(7-10)12(15)17-3/h5-7,13H,4H2,1-3H3. The summed E-state index contributed by atoms with van der Waals surface area (Å²) in [5.74, 6) is -0.982. The van der Waals surface area contributed by atoms with Gasteiger partial charge >= 0.3 is 11.9 Å². The zero-order valence-corrected chi connectivity index (χ0v) is 10.1. The Morgan fingerprint density at radius 3 is 1.88 bits per heavy atom. The Hall–Kier alpha value is -2.04. The average molecular weight is 237 g/mol. The van der Waals surface area contributed by atoms with Gasteiger partial charge in [0.2, 0.25) is 0 Å². The maximum absolute atomic E-state index is 11.4. The molecule has 1 rings (SSSR count). The molecule has 1 aromatic carbocycles. The van der Waals surface area contributed by atoms with Crippen LogP contribution >= 0.6 is 0 Å². The van der Waals surface area contributed by atoms with E-state index in [2.05, 4.69) is 14.8 Å². The van der Waals surface area contributed by atoms with Crippen molar-refractivity contribution in [2.45, 2.75) is 6.92 Å². The molecule has 5 nitrogen and oxygen atoms in total. The largest absolute Gasteiger partial charge is 0.465 e. The predicted octanol–water partition coefficient (Wildman–Crippen LogP) is 1.69. The van der Waals surface area contributed by atoms with Crippen LogP contribution in [0, 0.1) is 0 Å². The molecule has 0 aliphatic rings. The number of anilines is 1. The molecule has 92 valence electrons. The molecule has 0 amide bonds. The molecule has 0 spiro atoms. The molecular formula is C12H15NO4. The van der Waals surface area contributed by atoms with Gasteiger partial charge in [-0.1, -0.05) is 0 Å². The number of hydrogen-bond donors (Lipinski definition) is 1. The first kappa shape index (κ1) is 13.0. The van der Waals surface area contributed by atoms with Gasteiger partial charge in [0.15, 0.2) is 0 Å². The number of esters is 2. The number of nitrogens with one attached hydrogen (secondary N) is 1. The van der Waals surface area contributed by atoms with Crippen molar-refractivity contribution < 1.29 is 19.1 Å². The van der Waals surface area contributed by atoms with Crippen LogP contribution in [0.2, 0.25) is 0 Å². The van der Waals surface area contributed by atoms with Crippen LogP contribution in [-0.2, 0) is 9.47 Å². The summed E-state index contributed by atoms with van der Waals surface area (Å²) in [6.45, 7) is 2.61. The zero-order chi connectivity index (χ0) is 12.8. The summed E-state index contributed by atoms with van der Waals surface area (Å²) in [7, 11) is 2.58. The summed E-state index contributed by atoms with van der Waals surface area (Å²) >= 11 is 0. The van der Waals surface area contributed by atoms with E-state index in [-0.39, 0.29) is 0 Å². The molecule has 0 heterocycles. The van der Waals surface area contributed by atoms with Crippen molar-refractivity contribution in [2.24, 2.45) is 0 Å². The van der Waals surface area contributed by atoms with Crippen LogP contribution in [0.4, 0.5) is 5.69 Å². The quantitative estimate of drug-likeness (QED) is 0.807. The van der Waals surface area contributed by atoms with E-state index in [9.17, 15) is 9.59 Å². The Morgan fingerprint density at radius 2 is 1.53 bits per heavy atom. The van der Waals surface area contributed by atoms with Crippen molar-refractivity contribution in [3.8, 4) is 0 Å². The summed E-state index contributed by atoms with van der Waals surface area (Å²) in [6, 6.07) is 4.70. The predicted molar refractivity (Wildman–Crippen MR) is 63.3 cm³/mol. The van der Waals surface area contributed by atoms with E-state index in [0.717, 1.165) is 0 Å². The van der Waals surface area contributed by atoms with E-state index in [1.54, 1.807) is 12.1 Å². The van der Waals surface area contributed by atoms with E-state index in [1.807, 2.05) is 6.92 Å². The topological polar surface area (TPSA) is 64.6 Å². The molecule has 1 N–H and O–H groups in total. The van der Waals surface area contributed by atoms with E-state index >= 15 is 0 Å². The first-order valence-electron chi connectivity index (χ1n) is 5.18. The maximum atomic E-state index is 11.4. The van der Waals surface area contributed by atoms with Crippen LogP contribution in [0.15, 0.2) is 18.2 Å². The molecule has 0 unspecified atom stereocenters. The first-order valence-corrected chi connectivity index (χ1v) is 5.18. The van der Waals surface area contributed by atoms with Gasteiger partial charge in [-0.2, -0.15) is 0 Å². The van der Waals surface area contributed by atoms with Gasteiger partial charge in [0, 0.05) is 12.2 Å². The summed E-state index contributed by atoms with van der Waals surface area (Å²) < 4.78 is 9.24. The molecule has 0 aromatic heterocycles. The van der Waals surface area contributed by atoms with Crippen LogP contribution in [-0.4, -0.2) is 32.7 Å². The molecule has 5 heteroatoms. The van der Waals surface area contributed by atoms with Crippen LogP contribution in [0.1, 0.15) is 27.6 Å². The Labute approximate surface area is 99.7 Å². The highest BCUT2D eigenvalue weighted by Gasteiger charge is 2.13. The molecule has 0 aliphatic carbocycles. The van der Waals surface area contributed by atoms with Crippen molar-refractivity contribution in [1.29, 1.82) is 0 Å². The molecule has 0 atom stereocenters. The molecule has 0 radical (unpaired) electrons. The number of methoxy groups -OCH3 is 2. The van der Waals surface area contributed by atoms with Gasteiger partial charge in [0.05, 0.1) is 25.3 Å². The molecule has 0 saturated carbocycles. The molecular weight excluding hydrogens is 222 g/mol. The summed E-state index contributed by atoms with van der Waals surface area (Å²) in [4.78, 5) is 22.9. The monoisotopic (exact) mass is 237 g/mol. The molecule has 17 heavy (non-hydrogen) atoms. The number of carbonyl (C=O) groups is 2. The minimum absolute atomic E-state index is 0.311. The first-order chi connectivity index (χ1) is 8.12. The lowest BCUT2D eigenvalue weighted by atomic mass is 10.1. The van der Waals surface area contributed by atoms with Crippen LogP contribution in [0.25, 0.3) is 0 Å². The number of hydrogen-bond acceptors (Lipinski definition) is 5. The zero-order valence-electron chi connectivity index (χ0n) is 10.1. The fraction of sp³-hybridized carbons (Fsp3) is 0.333. The van der Waals surface area contributed by atoms with Gasteiger partial charge in [-0.3, -0.25) is 0 Å². The van der Waals surface area contributed by atoms with Crippen LogP contribution in [0.3, 0.4) is 0 Å². The third kappa shape index (κ3) is 3.21. The summed E-state index contributed by atoms with van der Waals surface area (Å²) in [6.07, 6.45) is 0. The van der Waals surface area contributed by atoms with Crippen molar-refractivity contribution in [3.05, 3.63) is 29.3 Å². The van der Waals surface area contributed by atoms with Gasteiger partial charge in [0.1, 0.15) is 0 Å². The molecule has 1 aromatic rings. The normalized spacial score (nSPS) is 9.59. The minimum Gasteiger partial charge on any atom is -0.465 e. The SMILES string of the molecule is CCNc1cc(C(=O)OC)cc(C(=O)OC)c1. The molecule has 0 fully saturated rings. The highest BCUT2D eigenvalue weighted by Crippen LogP contribution is 2.16. The van der Waals surface area contributed by atoms with E-state index in [0.29, 0.717) is 23.4 Å². The van der Waals surface area contributed by atoms with Crippen LogP contribution in [0.5, 0.6) is 0 Å². The number of carbonyl (C=O) groups excluding carboxylic acids is 2. The third-order valence-corrected chi connectivity index (χ3v) is 2.16. The Bertz CT molecular complexity index is 394. The minimum atomic E-state index is -0.491. The summed E-state index contributed by atoms with van der Waals surface area (Å²) in [5.41, 5.74) is 1.30. The molecule has 0 saturated heterocycles. The van der Waals surface area contributed by atoms with E-state index in [4.69, 9.17) is 0 Å². The maximum Gasteiger partial charge on any atom is 0.337 e. The number of ether oxygens (including phenoxy) is 2. The highest BCUT2D eigenvalue weighted by atomic mass is 16.5. The smallest absolute Gasteiger partial charge is 0.337 e. The van der Waals surface area contributed by atoms with Gasteiger partial charge in [-0.15, -0.1) is 0 Å². The van der Waals surface area contributed by atoms with Crippen molar-refractivity contribution in [2.75, 3.05) is 26.1 Å². The second-order valence-electron chi connectivity index (χ2n) is 3.31. The fourth-order valence-corrected chi connectivity index (χ4v) is 1.41. The lowest BCUT2D eigenvalue weighted by Gasteiger charge is -2.08. The second kappa shape index (κ2) is 5.89. The van der Waals surface area contributed by atoms with E-state index in [1.165, 1.54) is 20.3 Å². The highest BCUT2D eigenvalue weighted by molar-refractivity contribution is 5.96.